The zero-order valence-electron chi connectivity index (χ0n) is 12.5. The average molecular weight is 302 g/mol. The first-order chi connectivity index (χ1) is 11.2. The number of nitrogens with one attached hydrogen (secondary N) is 1. The van der Waals surface area contributed by atoms with E-state index in [4.69, 9.17) is 0 Å². The van der Waals surface area contributed by atoms with Gasteiger partial charge in [-0.1, -0.05) is 36.4 Å². The fourth-order valence-electron chi connectivity index (χ4n) is 2.70. The monoisotopic (exact) mass is 302 g/mol. The molecule has 2 heterocycles. The Morgan fingerprint density at radius 2 is 1.70 bits per heavy atom. The molecule has 0 aliphatic carbocycles. The minimum Gasteiger partial charge on any atom is -0.493 e. The maximum Gasteiger partial charge on any atom is 0.218 e. The summed E-state index contributed by atoms with van der Waals surface area (Å²) in [4.78, 5) is 7.38. The highest BCUT2D eigenvalue weighted by molar-refractivity contribution is 5.94. The molecule has 4 rings (SSSR count). The number of para-hydroxylation sites is 2. The second-order valence-electron chi connectivity index (χ2n) is 5.38. The van der Waals surface area contributed by atoms with Gasteiger partial charge < -0.3 is 10.1 Å². The van der Waals surface area contributed by atoms with Gasteiger partial charge in [0.1, 0.15) is 0 Å². The van der Waals surface area contributed by atoms with Crippen molar-refractivity contribution in [2.24, 2.45) is 10.2 Å². The number of rotatable bonds is 2. The summed E-state index contributed by atoms with van der Waals surface area (Å²) in [5, 5.41) is 20.3. The topological polar surface area (TPSA) is 73.6 Å². The van der Waals surface area contributed by atoms with Crippen LogP contribution in [-0.2, 0) is 0 Å². The van der Waals surface area contributed by atoms with Crippen molar-refractivity contribution in [3.05, 3.63) is 60.2 Å². The number of azo groups is 1. The third-order valence-electron chi connectivity index (χ3n) is 3.82. The number of nitrogens with zero attached hydrogens (tertiary/aromatic N) is 3. The molecule has 23 heavy (non-hydrogen) atoms. The molecule has 0 atom stereocenters. The molecule has 0 bridgehead atoms. The molecule has 4 aromatic rings. The first kappa shape index (κ1) is 13.5. The fraction of sp³-hybridized carbons (Fsp3) is 0.0556. The number of benzene rings is 2. The molecule has 0 aliphatic rings. The van der Waals surface area contributed by atoms with Gasteiger partial charge in [0.2, 0.25) is 5.88 Å². The van der Waals surface area contributed by atoms with Crippen molar-refractivity contribution in [3.63, 3.8) is 0 Å². The summed E-state index contributed by atoms with van der Waals surface area (Å²) in [5.41, 5.74) is 3.21. The van der Waals surface area contributed by atoms with Crippen molar-refractivity contribution in [1.29, 1.82) is 0 Å². The fourth-order valence-corrected chi connectivity index (χ4v) is 2.70. The van der Waals surface area contributed by atoms with E-state index < -0.39 is 0 Å². The highest BCUT2D eigenvalue weighted by atomic mass is 16.3. The van der Waals surface area contributed by atoms with Crippen LogP contribution in [0.3, 0.4) is 0 Å². The quantitative estimate of drug-likeness (QED) is 0.503. The van der Waals surface area contributed by atoms with Crippen LogP contribution in [0.4, 0.5) is 11.5 Å². The lowest BCUT2D eigenvalue weighted by atomic mass is 10.1. The Labute approximate surface area is 132 Å². The second kappa shape index (κ2) is 5.21. The molecule has 2 N–H and O–H groups in total. The van der Waals surface area contributed by atoms with Crippen molar-refractivity contribution in [3.8, 4) is 5.88 Å². The van der Waals surface area contributed by atoms with E-state index in [0.29, 0.717) is 11.5 Å². The van der Waals surface area contributed by atoms with Crippen molar-refractivity contribution >= 4 is 33.3 Å². The van der Waals surface area contributed by atoms with E-state index in [0.717, 1.165) is 27.4 Å². The van der Waals surface area contributed by atoms with Crippen LogP contribution in [0.15, 0.2) is 64.8 Å². The Hall–Kier alpha value is -3.21. The molecule has 0 fully saturated rings. The number of aryl methyl sites for hydroxylation is 1. The zero-order chi connectivity index (χ0) is 15.8. The van der Waals surface area contributed by atoms with E-state index >= 15 is 0 Å². The number of aromatic amines is 1. The van der Waals surface area contributed by atoms with E-state index in [9.17, 15) is 5.11 Å². The first-order valence-electron chi connectivity index (χ1n) is 7.30. The van der Waals surface area contributed by atoms with Crippen LogP contribution in [-0.4, -0.2) is 15.1 Å². The summed E-state index contributed by atoms with van der Waals surface area (Å²) >= 11 is 0. The standard InChI is InChI=1S/C18H14N4O/c1-11-10-16(19-14-8-4-2-6-12(11)14)21-22-17-13-7-3-5-9-15(13)20-18(17)23/h2-10,20,23H,1H3. The Bertz CT molecular complexity index is 1050. The van der Waals surface area contributed by atoms with Crippen LogP contribution >= 0.6 is 0 Å². The lowest BCUT2D eigenvalue weighted by Gasteiger charge is -2.02. The van der Waals surface area contributed by atoms with E-state index in [-0.39, 0.29) is 5.88 Å². The van der Waals surface area contributed by atoms with Gasteiger partial charge in [0.05, 0.1) is 11.0 Å². The molecule has 0 radical (unpaired) electrons. The van der Waals surface area contributed by atoms with E-state index in [2.05, 4.69) is 20.2 Å². The van der Waals surface area contributed by atoms with Gasteiger partial charge in [0, 0.05) is 10.8 Å². The van der Waals surface area contributed by atoms with Crippen molar-refractivity contribution in [1.82, 2.24) is 9.97 Å². The number of aromatic hydroxyl groups is 1. The van der Waals surface area contributed by atoms with Crippen molar-refractivity contribution < 1.29 is 5.11 Å². The maximum absolute atomic E-state index is 10.0. The molecule has 0 aliphatic heterocycles. The molecular formula is C18H14N4O. The van der Waals surface area contributed by atoms with Gasteiger partial charge in [-0.15, -0.1) is 10.2 Å². The Morgan fingerprint density at radius 1 is 0.957 bits per heavy atom. The number of aromatic nitrogens is 2. The molecule has 5 nitrogen and oxygen atoms in total. The molecule has 0 amide bonds. The highest BCUT2D eigenvalue weighted by Gasteiger charge is 2.09. The van der Waals surface area contributed by atoms with Gasteiger partial charge in [-0.05, 0) is 30.7 Å². The van der Waals surface area contributed by atoms with Crippen LogP contribution in [0.5, 0.6) is 5.88 Å². The van der Waals surface area contributed by atoms with Crippen LogP contribution < -0.4 is 0 Å². The van der Waals surface area contributed by atoms with Crippen LogP contribution in [0.2, 0.25) is 0 Å². The predicted molar refractivity (Wildman–Crippen MR) is 90.6 cm³/mol. The van der Waals surface area contributed by atoms with Gasteiger partial charge in [-0.2, -0.15) is 0 Å². The minimum absolute atomic E-state index is 0.00691. The first-order valence-corrected chi connectivity index (χ1v) is 7.30. The van der Waals surface area contributed by atoms with Gasteiger partial charge in [0.15, 0.2) is 11.5 Å². The molecule has 2 aromatic carbocycles. The number of hydrogen-bond donors (Lipinski definition) is 2. The van der Waals surface area contributed by atoms with Crippen molar-refractivity contribution in [2.75, 3.05) is 0 Å². The maximum atomic E-state index is 10.0. The number of pyridine rings is 1. The summed E-state index contributed by atoms with van der Waals surface area (Å²) < 4.78 is 0. The minimum atomic E-state index is 0.00691. The largest absolute Gasteiger partial charge is 0.493 e. The van der Waals surface area contributed by atoms with Gasteiger partial charge in [-0.3, -0.25) is 0 Å². The van der Waals surface area contributed by atoms with E-state index in [1.54, 1.807) is 0 Å². The summed E-state index contributed by atoms with van der Waals surface area (Å²) in [5.74, 6) is 0.526. The van der Waals surface area contributed by atoms with Gasteiger partial charge >= 0.3 is 0 Å². The molecule has 0 unspecified atom stereocenters. The smallest absolute Gasteiger partial charge is 0.218 e. The molecule has 0 saturated heterocycles. The number of fused-ring (bicyclic) bond motifs is 2. The molecule has 0 saturated carbocycles. The Morgan fingerprint density at radius 3 is 2.57 bits per heavy atom. The molecule has 5 heteroatoms. The summed E-state index contributed by atoms with van der Waals surface area (Å²) in [6.45, 7) is 2.02. The van der Waals surface area contributed by atoms with Gasteiger partial charge in [0.25, 0.3) is 0 Å². The molecule has 2 aromatic heterocycles. The van der Waals surface area contributed by atoms with E-state index in [1.807, 2.05) is 61.5 Å². The molecular weight excluding hydrogens is 288 g/mol. The third-order valence-corrected chi connectivity index (χ3v) is 3.82. The highest BCUT2D eigenvalue weighted by Crippen LogP contribution is 2.36. The van der Waals surface area contributed by atoms with Crippen LogP contribution in [0.25, 0.3) is 21.8 Å². The average Bonchev–Trinajstić information content (AvgIpc) is 2.88. The van der Waals surface area contributed by atoms with Crippen LogP contribution in [0.1, 0.15) is 5.56 Å². The Balaban J connectivity index is 1.80. The van der Waals surface area contributed by atoms with Crippen LogP contribution in [0, 0.1) is 6.92 Å². The summed E-state index contributed by atoms with van der Waals surface area (Å²) in [6.07, 6.45) is 0. The summed E-state index contributed by atoms with van der Waals surface area (Å²) in [6, 6.07) is 17.4. The third kappa shape index (κ3) is 2.32. The normalized spacial score (nSPS) is 11.7. The Kier molecular flexibility index (Phi) is 3.05. The number of H-pyrrole nitrogens is 1. The predicted octanol–water partition coefficient (Wildman–Crippen LogP) is 5.15. The van der Waals surface area contributed by atoms with Crippen molar-refractivity contribution in [2.45, 2.75) is 6.92 Å². The lowest BCUT2D eigenvalue weighted by Crippen LogP contribution is -1.82. The second-order valence-corrected chi connectivity index (χ2v) is 5.38. The lowest BCUT2D eigenvalue weighted by molar-refractivity contribution is 0.459. The molecule has 112 valence electrons. The van der Waals surface area contributed by atoms with E-state index in [1.165, 1.54) is 0 Å². The number of hydrogen-bond acceptors (Lipinski definition) is 4. The molecule has 0 spiro atoms. The zero-order valence-corrected chi connectivity index (χ0v) is 12.5. The SMILES string of the molecule is Cc1cc(N=Nc2c(O)[nH]c3ccccc23)nc2ccccc12. The van der Waals surface area contributed by atoms with Gasteiger partial charge in [-0.25, -0.2) is 4.98 Å². The summed E-state index contributed by atoms with van der Waals surface area (Å²) in [7, 11) is 0.